The van der Waals surface area contributed by atoms with Gasteiger partial charge in [0.15, 0.2) is 0 Å². The molecule has 2 aromatic carbocycles. The zero-order valence-corrected chi connectivity index (χ0v) is 14.9. The minimum atomic E-state index is -0.199. The third kappa shape index (κ3) is 4.85. The first-order chi connectivity index (χ1) is 12.7. The molecule has 26 heavy (non-hydrogen) atoms. The van der Waals surface area contributed by atoms with Crippen molar-refractivity contribution in [2.45, 2.75) is 19.4 Å². The molecule has 2 aromatic rings. The zero-order chi connectivity index (χ0) is 18.4. The Bertz CT molecular complexity index is 761. The molecule has 0 radical (unpaired) electrons. The Morgan fingerprint density at radius 1 is 0.962 bits per heavy atom. The van der Waals surface area contributed by atoms with Gasteiger partial charge in [0.2, 0.25) is 11.8 Å². The van der Waals surface area contributed by atoms with Gasteiger partial charge in [0.25, 0.3) is 0 Å². The van der Waals surface area contributed by atoms with Crippen molar-refractivity contribution in [2.75, 3.05) is 13.7 Å². The summed E-state index contributed by atoms with van der Waals surface area (Å²) in [6, 6.07) is 17.6. The van der Waals surface area contributed by atoms with Crippen LogP contribution in [0.2, 0.25) is 0 Å². The second-order valence-corrected chi connectivity index (χ2v) is 6.54. The second-order valence-electron chi connectivity index (χ2n) is 6.54. The van der Waals surface area contributed by atoms with E-state index < -0.39 is 0 Å². The summed E-state index contributed by atoms with van der Waals surface area (Å²) < 4.78 is 5.19. The molecule has 1 saturated carbocycles. The molecule has 5 nitrogen and oxygen atoms in total. The normalized spacial score (nSPS) is 18.0. The average Bonchev–Trinajstić information content (AvgIpc) is 3.48. The van der Waals surface area contributed by atoms with Gasteiger partial charge >= 0.3 is 0 Å². The Balaban J connectivity index is 1.37. The van der Waals surface area contributed by atoms with E-state index in [2.05, 4.69) is 10.6 Å². The van der Waals surface area contributed by atoms with E-state index >= 15 is 0 Å². The van der Waals surface area contributed by atoms with Crippen molar-refractivity contribution in [2.24, 2.45) is 11.8 Å². The van der Waals surface area contributed by atoms with E-state index in [1.165, 1.54) is 0 Å². The molecule has 2 unspecified atom stereocenters. The summed E-state index contributed by atoms with van der Waals surface area (Å²) in [5.41, 5.74) is 2.17. The minimum absolute atomic E-state index is 0.0345. The number of rotatable bonds is 8. The van der Waals surface area contributed by atoms with Crippen LogP contribution in [-0.2, 0) is 22.6 Å². The highest BCUT2D eigenvalue weighted by atomic mass is 16.5. The number of benzene rings is 2. The molecule has 1 aliphatic carbocycles. The van der Waals surface area contributed by atoms with Crippen molar-refractivity contribution < 1.29 is 14.3 Å². The molecule has 0 spiro atoms. The Morgan fingerprint density at radius 2 is 1.65 bits per heavy atom. The van der Waals surface area contributed by atoms with Crippen molar-refractivity contribution in [1.29, 1.82) is 0 Å². The van der Waals surface area contributed by atoms with Crippen LogP contribution in [0.1, 0.15) is 17.5 Å². The summed E-state index contributed by atoms with van der Waals surface area (Å²) in [4.78, 5) is 24.3. The van der Waals surface area contributed by atoms with Gasteiger partial charge in [-0.3, -0.25) is 9.59 Å². The lowest BCUT2D eigenvalue weighted by atomic mass is 10.1. The molecule has 2 N–H and O–H groups in total. The van der Waals surface area contributed by atoms with Crippen LogP contribution < -0.4 is 15.4 Å². The molecule has 1 fully saturated rings. The molecule has 2 atom stereocenters. The topological polar surface area (TPSA) is 67.4 Å². The lowest BCUT2D eigenvalue weighted by Gasteiger charge is -2.07. The van der Waals surface area contributed by atoms with Gasteiger partial charge in [-0.1, -0.05) is 42.5 Å². The maximum absolute atomic E-state index is 12.2. The number of nitrogens with one attached hydrogen (secondary N) is 2. The molecule has 136 valence electrons. The zero-order valence-electron chi connectivity index (χ0n) is 14.9. The van der Waals surface area contributed by atoms with Crippen molar-refractivity contribution in [3.05, 3.63) is 65.7 Å². The third-order valence-corrected chi connectivity index (χ3v) is 4.62. The lowest BCUT2D eigenvalue weighted by molar-refractivity contribution is -0.127. The highest BCUT2D eigenvalue weighted by Crippen LogP contribution is 2.38. The van der Waals surface area contributed by atoms with Crippen LogP contribution in [0.3, 0.4) is 0 Å². The minimum Gasteiger partial charge on any atom is -0.497 e. The summed E-state index contributed by atoms with van der Waals surface area (Å²) in [5, 5.41) is 5.84. The average molecular weight is 352 g/mol. The first-order valence-electron chi connectivity index (χ1n) is 8.89. The summed E-state index contributed by atoms with van der Waals surface area (Å²) in [6.45, 7) is 1.06. The molecular weight excluding hydrogens is 328 g/mol. The van der Waals surface area contributed by atoms with Crippen LogP contribution in [-0.4, -0.2) is 25.5 Å². The van der Waals surface area contributed by atoms with Crippen molar-refractivity contribution >= 4 is 11.8 Å². The SMILES string of the molecule is COc1cccc(CCNC(=O)C2CC2C(=O)NCc2ccccc2)c1. The second kappa shape index (κ2) is 8.52. The first-order valence-corrected chi connectivity index (χ1v) is 8.89. The molecule has 3 rings (SSSR count). The summed E-state index contributed by atoms with van der Waals surface area (Å²) in [6.07, 6.45) is 1.37. The number of hydrogen-bond acceptors (Lipinski definition) is 3. The molecule has 0 saturated heterocycles. The van der Waals surface area contributed by atoms with Crippen LogP contribution in [0, 0.1) is 11.8 Å². The van der Waals surface area contributed by atoms with Gasteiger partial charge in [0.05, 0.1) is 18.9 Å². The first kappa shape index (κ1) is 18.0. The van der Waals surface area contributed by atoms with Crippen molar-refractivity contribution in [3.63, 3.8) is 0 Å². The van der Waals surface area contributed by atoms with Gasteiger partial charge in [-0.2, -0.15) is 0 Å². The van der Waals surface area contributed by atoms with Crippen LogP contribution in [0.5, 0.6) is 5.75 Å². The molecule has 0 heterocycles. The van der Waals surface area contributed by atoms with Gasteiger partial charge in [-0.25, -0.2) is 0 Å². The fourth-order valence-electron chi connectivity index (χ4n) is 2.98. The smallest absolute Gasteiger partial charge is 0.224 e. The summed E-state index contributed by atoms with van der Waals surface area (Å²) in [5.74, 6) is 0.340. The highest BCUT2D eigenvalue weighted by Gasteiger charge is 2.47. The number of amides is 2. The van der Waals surface area contributed by atoms with E-state index in [9.17, 15) is 9.59 Å². The molecule has 2 amide bonds. The van der Waals surface area contributed by atoms with Crippen LogP contribution in [0.4, 0.5) is 0 Å². The van der Waals surface area contributed by atoms with E-state index in [1.807, 2.05) is 54.6 Å². The van der Waals surface area contributed by atoms with Crippen LogP contribution >= 0.6 is 0 Å². The molecule has 0 aliphatic heterocycles. The quantitative estimate of drug-likeness (QED) is 0.766. The van der Waals surface area contributed by atoms with Gasteiger partial charge in [0.1, 0.15) is 5.75 Å². The monoisotopic (exact) mass is 352 g/mol. The van der Waals surface area contributed by atoms with E-state index in [1.54, 1.807) is 7.11 Å². The number of carbonyl (C=O) groups excluding carboxylic acids is 2. The van der Waals surface area contributed by atoms with E-state index in [-0.39, 0.29) is 23.7 Å². The molecule has 0 aromatic heterocycles. The standard InChI is InChI=1S/C21H24N2O3/c1-26-17-9-5-8-15(12-17)10-11-22-20(24)18-13-19(18)21(25)23-14-16-6-3-2-4-7-16/h2-9,12,18-19H,10-11,13-14H2,1H3,(H,22,24)(H,23,25). The summed E-state index contributed by atoms with van der Waals surface area (Å²) in [7, 11) is 1.64. The number of ether oxygens (including phenoxy) is 1. The van der Waals surface area contributed by atoms with Gasteiger partial charge in [0, 0.05) is 13.1 Å². The maximum Gasteiger partial charge on any atom is 0.224 e. The Morgan fingerprint density at radius 3 is 2.38 bits per heavy atom. The fourth-order valence-corrected chi connectivity index (χ4v) is 2.98. The predicted molar refractivity (Wildman–Crippen MR) is 99.6 cm³/mol. The predicted octanol–water partition coefficient (Wildman–Crippen LogP) is 2.31. The number of methoxy groups -OCH3 is 1. The van der Waals surface area contributed by atoms with E-state index in [0.29, 0.717) is 19.5 Å². The van der Waals surface area contributed by atoms with Crippen LogP contribution in [0.15, 0.2) is 54.6 Å². The lowest BCUT2D eigenvalue weighted by Crippen LogP contribution is -2.31. The molecule has 1 aliphatic rings. The largest absolute Gasteiger partial charge is 0.497 e. The molecule has 5 heteroatoms. The molecular formula is C21H24N2O3. The van der Waals surface area contributed by atoms with Crippen molar-refractivity contribution in [3.8, 4) is 5.75 Å². The van der Waals surface area contributed by atoms with Crippen LogP contribution in [0.25, 0.3) is 0 Å². The highest BCUT2D eigenvalue weighted by molar-refractivity contribution is 5.92. The Hall–Kier alpha value is -2.82. The molecule has 0 bridgehead atoms. The summed E-state index contributed by atoms with van der Waals surface area (Å²) >= 11 is 0. The van der Waals surface area contributed by atoms with Gasteiger partial charge in [-0.05, 0) is 36.1 Å². The third-order valence-electron chi connectivity index (χ3n) is 4.62. The van der Waals surface area contributed by atoms with Gasteiger partial charge < -0.3 is 15.4 Å². The number of hydrogen-bond donors (Lipinski definition) is 2. The van der Waals surface area contributed by atoms with E-state index in [0.717, 1.165) is 23.3 Å². The van der Waals surface area contributed by atoms with Crippen molar-refractivity contribution in [1.82, 2.24) is 10.6 Å². The fraction of sp³-hybridized carbons (Fsp3) is 0.333. The number of carbonyl (C=O) groups is 2. The Kier molecular flexibility index (Phi) is 5.89. The van der Waals surface area contributed by atoms with E-state index in [4.69, 9.17) is 4.74 Å². The maximum atomic E-state index is 12.2. The Labute approximate surface area is 153 Å². The van der Waals surface area contributed by atoms with Gasteiger partial charge in [-0.15, -0.1) is 0 Å².